The van der Waals surface area contributed by atoms with E-state index in [1.807, 2.05) is 49.5 Å². The van der Waals surface area contributed by atoms with Crippen molar-refractivity contribution in [2.24, 2.45) is 0 Å². The van der Waals surface area contributed by atoms with E-state index >= 15 is 0 Å². The largest absolute Gasteiger partial charge is 0.382 e. The number of benzene rings is 2. The number of fused-ring (bicyclic) bond motifs is 2. The second-order valence-electron chi connectivity index (χ2n) is 8.83. The molecule has 0 aliphatic heterocycles. The molecular formula is C28H28N7O3+. The van der Waals surface area contributed by atoms with Crippen LogP contribution in [0.2, 0.25) is 0 Å². The smallest absolute Gasteiger partial charge is 0.355 e. The van der Waals surface area contributed by atoms with Crippen molar-refractivity contribution in [1.29, 1.82) is 0 Å². The van der Waals surface area contributed by atoms with Gasteiger partial charge in [0, 0.05) is 11.6 Å². The molecule has 5 aromatic rings. The first kappa shape index (κ1) is 25.1. The number of nitrogens with two attached hydrogens (primary N) is 1. The third-order valence-electron chi connectivity index (χ3n) is 6.06. The third-order valence-corrected chi connectivity index (χ3v) is 6.06. The van der Waals surface area contributed by atoms with Crippen molar-refractivity contribution in [3.05, 3.63) is 94.3 Å². The van der Waals surface area contributed by atoms with E-state index in [1.54, 1.807) is 40.4 Å². The predicted octanol–water partition coefficient (Wildman–Crippen LogP) is 1.99. The second kappa shape index (κ2) is 10.8. The Bertz CT molecular complexity index is 1720. The molecule has 0 fully saturated rings. The van der Waals surface area contributed by atoms with Crippen molar-refractivity contribution in [2.45, 2.75) is 32.6 Å². The maximum Gasteiger partial charge on any atom is 0.355 e. The molecule has 3 aromatic heterocycles. The third kappa shape index (κ3) is 4.99. The molecular weight excluding hydrogens is 482 g/mol. The lowest BCUT2D eigenvalue weighted by molar-refractivity contribution is -0.578. The minimum atomic E-state index is -0.813. The van der Waals surface area contributed by atoms with Gasteiger partial charge in [0.25, 0.3) is 5.56 Å². The van der Waals surface area contributed by atoms with E-state index in [-0.39, 0.29) is 24.9 Å². The summed E-state index contributed by atoms with van der Waals surface area (Å²) in [5.41, 5.74) is 9.05. The molecule has 0 aliphatic rings. The summed E-state index contributed by atoms with van der Waals surface area (Å²) in [4.78, 5) is 23.1. The van der Waals surface area contributed by atoms with Crippen LogP contribution < -0.4 is 21.1 Å². The molecule has 0 bridgehead atoms. The van der Waals surface area contributed by atoms with E-state index in [9.17, 15) is 9.90 Å². The number of aromatic amines is 1. The van der Waals surface area contributed by atoms with Crippen LogP contribution in [0.5, 0.6) is 0 Å². The van der Waals surface area contributed by atoms with Gasteiger partial charge in [-0.3, -0.25) is 14.7 Å². The Balaban J connectivity index is 1.45. The number of nitrogens with zero attached hydrogens (tertiary/aromatic N) is 4. The number of aromatic nitrogens is 5. The Morgan fingerprint density at radius 3 is 2.79 bits per heavy atom. The van der Waals surface area contributed by atoms with Crippen LogP contribution in [0, 0.1) is 11.8 Å². The molecule has 10 heteroatoms. The summed E-state index contributed by atoms with van der Waals surface area (Å²) >= 11 is 0. The molecule has 2 unspecified atom stereocenters. The van der Waals surface area contributed by atoms with E-state index in [1.165, 1.54) is 0 Å². The van der Waals surface area contributed by atoms with E-state index < -0.39 is 6.10 Å². The first-order valence-corrected chi connectivity index (χ1v) is 12.2. The molecule has 2 atom stereocenters. The van der Waals surface area contributed by atoms with E-state index in [0.717, 1.165) is 5.56 Å². The first-order valence-electron chi connectivity index (χ1n) is 12.2. The lowest BCUT2D eigenvalue weighted by atomic mass is 10.1. The summed E-state index contributed by atoms with van der Waals surface area (Å²) < 4.78 is 9.20. The van der Waals surface area contributed by atoms with E-state index in [2.05, 4.69) is 27.2 Å². The molecule has 192 valence electrons. The van der Waals surface area contributed by atoms with Crippen molar-refractivity contribution >= 4 is 22.4 Å². The number of nitrogen functional groups attached to an aromatic ring is 1. The van der Waals surface area contributed by atoms with Gasteiger partial charge in [-0.05, 0) is 43.1 Å². The normalized spacial score (nSPS) is 12.8. The summed E-state index contributed by atoms with van der Waals surface area (Å²) in [7, 11) is 0. The zero-order valence-electron chi connectivity index (χ0n) is 21.0. The highest BCUT2D eigenvalue weighted by atomic mass is 16.5. The van der Waals surface area contributed by atoms with Crippen LogP contribution in [0.1, 0.15) is 36.8 Å². The summed E-state index contributed by atoms with van der Waals surface area (Å²) in [6.45, 7) is 3.93. The standard InChI is InChI=1S/C28H27N7O3/c1-18(36)12-13-20-8-6-11-23-24(20)28(37)35(21-9-4-3-5-10-21)26(32-23)19(2)31-17-38-16-22-25(29)33-34-15-7-14-30-27(22)34/h3-11,14-15,18-19,31,36H,16-17H2,1-2H3,(H2,29,33)/p+1. The van der Waals surface area contributed by atoms with Crippen LogP contribution in [-0.4, -0.2) is 37.6 Å². The topological polar surface area (TPSA) is 135 Å². The average molecular weight is 511 g/mol. The van der Waals surface area contributed by atoms with Gasteiger partial charge in [-0.15, -0.1) is 4.52 Å². The fourth-order valence-electron chi connectivity index (χ4n) is 4.22. The summed E-state index contributed by atoms with van der Waals surface area (Å²) in [6, 6.07) is 16.2. The zero-order valence-corrected chi connectivity index (χ0v) is 21.0. The number of para-hydroxylation sites is 1. The molecule has 0 radical (unpaired) electrons. The number of H-pyrrole nitrogens is 1. The number of hydrogen-bond donors (Lipinski definition) is 4. The predicted molar refractivity (Wildman–Crippen MR) is 143 cm³/mol. The van der Waals surface area contributed by atoms with Crippen LogP contribution >= 0.6 is 0 Å². The van der Waals surface area contributed by atoms with Crippen molar-refractivity contribution in [2.75, 3.05) is 12.5 Å². The molecule has 0 aliphatic carbocycles. The quantitative estimate of drug-likeness (QED) is 0.114. The first-order chi connectivity index (χ1) is 18.4. The van der Waals surface area contributed by atoms with Gasteiger partial charge in [0.1, 0.15) is 35.7 Å². The van der Waals surface area contributed by atoms with Crippen molar-refractivity contribution in [1.82, 2.24) is 25.0 Å². The highest BCUT2D eigenvalue weighted by Gasteiger charge is 2.20. The van der Waals surface area contributed by atoms with Gasteiger partial charge in [-0.25, -0.2) is 10.1 Å². The molecule has 2 aromatic carbocycles. The van der Waals surface area contributed by atoms with Gasteiger partial charge in [0.05, 0.1) is 36.0 Å². The fourth-order valence-corrected chi connectivity index (χ4v) is 4.22. The Morgan fingerprint density at radius 1 is 1.18 bits per heavy atom. The van der Waals surface area contributed by atoms with Crippen LogP contribution in [0.25, 0.3) is 22.2 Å². The van der Waals surface area contributed by atoms with Crippen LogP contribution in [0.4, 0.5) is 5.82 Å². The molecule has 0 saturated carbocycles. The number of anilines is 1. The minimum Gasteiger partial charge on any atom is -0.382 e. The Hall–Kier alpha value is -4.56. The summed E-state index contributed by atoms with van der Waals surface area (Å²) in [5.74, 6) is 6.66. The van der Waals surface area contributed by atoms with Gasteiger partial charge in [0.2, 0.25) is 0 Å². The van der Waals surface area contributed by atoms with Crippen molar-refractivity contribution in [3.8, 4) is 17.5 Å². The van der Waals surface area contributed by atoms with Gasteiger partial charge >= 0.3 is 5.65 Å². The van der Waals surface area contributed by atoms with Crippen LogP contribution in [-0.2, 0) is 11.3 Å². The van der Waals surface area contributed by atoms with Crippen LogP contribution in [0.3, 0.4) is 0 Å². The maximum absolute atomic E-state index is 13.9. The summed E-state index contributed by atoms with van der Waals surface area (Å²) in [6.07, 6.45) is 2.72. The summed E-state index contributed by atoms with van der Waals surface area (Å²) in [5, 5.41) is 16.4. The molecule has 5 N–H and O–H groups in total. The molecule has 5 rings (SSSR count). The molecule has 3 heterocycles. The molecule has 10 nitrogen and oxygen atoms in total. The van der Waals surface area contributed by atoms with Crippen molar-refractivity contribution < 1.29 is 14.4 Å². The highest BCUT2D eigenvalue weighted by molar-refractivity contribution is 5.84. The zero-order chi connectivity index (χ0) is 26.6. The van der Waals surface area contributed by atoms with Crippen molar-refractivity contribution in [3.63, 3.8) is 0 Å². The van der Waals surface area contributed by atoms with Crippen LogP contribution in [0.15, 0.2) is 71.8 Å². The number of hydrogen-bond acceptors (Lipinski definition) is 7. The van der Waals surface area contributed by atoms with E-state index in [0.29, 0.717) is 39.4 Å². The minimum absolute atomic E-state index is 0.188. The SMILES string of the molecule is CC(O)C#Cc1cccc2nc(C(C)NCOCc3c(N)[nH][n+]4cccnc34)n(-c3ccccc3)c(=O)c12. The Kier molecular flexibility index (Phi) is 7.15. The number of ether oxygens (including phenoxy) is 1. The number of rotatable bonds is 7. The molecule has 38 heavy (non-hydrogen) atoms. The van der Waals surface area contributed by atoms with Gasteiger partial charge in [-0.2, -0.15) is 0 Å². The second-order valence-corrected chi connectivity index (χ2v) is 8.83. The molecule has 0 amide bonds. The van der Waals surface area contributed by atoms with Gasteiger partial charge < -0.3 is 15.6 Å². The monoisotopic (exact) mass is 510 g/mol. The fraction of sp³-hybridized carbons (Fsp3) is 0.214. The lowest BCUT2D eigenvalue weighted by Gasteiger charge is -2.20. The molecule has 0 saturated heterocycles. The van der Waals surface area contributed by atoms with Gasteiger partial charge in [0.15, 0.2) is 0 Å². The van der Waals surface area contributed by atoms with Gasteiger partial charge in [-0.1, -0.05) is 36.1 Å². The Morgan fingerprint density at radius 2 is 2.00 bits per heavy atom. The average Bonchev–Trinajstić information content (AvgIpc) is 3.24. The number of nitrogens with one attached hydrogen (secondary N) is 2. The number of aliphatic hydroxyl groups is 1. The Labute approximate surface area is 218 Å². The molecule has 0 spiro atoms. The number of aliphatic hydroxyl groups excluding tert-OH is 1. The highest BCUT2D eigenvalue weighted by Crippen LogP contribution is 2.20. The maximum atomic E-state index is 13.9. The lowest BCUT2D eigenvalue weighted by Crippen LogP contribution is -2.31. The van der Waals surface area contributed by atoms with E-state index in [4.69, 9.17) is 15.5 Å².